The zero-order valence-corrected chi connectivity index (χ0v) is 11.9. The molecule has 1 heterocycles. The Kier molecular flexibility index (Phi) is 4.14. The number of rotatable bonds is 5. The minimum Gasteiger partial charge on any atom is -0.392 e. The van der Waals surface area contributed by atoms with Crippen molar-refractivity contribution in [2.45, 2.75) is 39.2 Å². The van der Waals surface area contributed by atoms with Gasteiger partial charge in [-0.05, 0) is 30.9 Å². The van der Waals surface area contributed by atoms with E-state index in [1.807, 2.05) is 12.1 Å². The zero-order chi connectivity index (χ0) is 13.9. The smallest absolute Gasteiger partial charge is 0.233 e. The molecule has 2 rings (SSSR count). The van der Waals surface area contributed by atoms with Gasteiger partial charge in [-0.1, -0.05) is 31.6 Å². The Hall–Kier alpha value is -1.49. The maximum absolute atomic E-state index is 12.3. The normalized spacial score (nSPS) is 16.5. The lowest BCUT2D eigenvalue weighted by molar-refractivity contribution is -0.131. The first-order valence-corrected chi connectivity index (χ1v) is 7.02. The van der Waals surface area contributed by atoms with Gasteiger partial charge < -0.3 is 11.1 Å². The molecule has 0 radical (unpaired) electrons. The van der Waals surface area contributed by atoms with Gasteiger partial charge in [-0.3, -0.25) is 9.78 Å². The molecule has 0 atom stereocenters. The molecule has 0 aliphatic heterocycles. The number of thiocarbonyl (C=S) groups is 1. The van der Waals surface area contributed by atoms with Crippen LogP contribution in [0.5, 0.6) is 0 Å². The first kappa shape index (κ1) is 13.9. The van der Waals surface area contributed by atoms with Crippen LogP contribution < -0.4 is 11.1 Å². The number of aromatic nitrogens is 1. The van der Waals surface area contributed by atoms with Crippen molar-refractivity contribution in [3.63, 3.8) is 0 Å². The van der Waals surface area contributed by atoms with Crippen LogP contribution in [0.3, 0.4) is 0 Å². The molecule has 1 aliphatic rings. The fraction of sp³-hybridized carbons (Fsp3) is 0.500. The summed E-state index contributed by atoms with van der Waals surface area (Å²) in [6, 6.07) is 3.94. The second kappa shape index (κ2) is 5.65. The van der Waals surface area contributed by atoms with Gasteiger partial charge >= 0.3 is 0 Å². The van der Waals surface area contributed by atoms with Crippen molar-refractivity contribution in [2.24, 2.45) is 11.1 Å². The molecule has 1 amide bonds. The molecule has 0 saturated heterocycles. The summed E-state index contributed by atoms with van der Waals surface area (Å²) in [5, 5.41) is 2.93. The molecule has 0 spiro atoms. The maximum atomic E-state index is 12.3. The molecule has 1 aromatic rings. The van der Waals surface area contributed by atoms with Gasteiger partial charge in [-0.25, -0.2) is 0 Å². The Labute approximate surface area is 118 Å². The number of aryl methyl sites for hydroxylation is 1. The molecule has 1 aromatic heterocycles. The molecule has 0 aromatic carbocycles. The van der Waals surface area contributed by atoms with Crippen molar-refractivity contribution in [1.29, 1.82) is 0 Å². The van der Waals surface area contributed by atoms with Crippen LogP contribution in [0.2, 0.25) is 0 Å². The minimum atomic E-state index is -0.615. The Morgan fingerprint density at radius 3 is 2.84 bits per heavy atom. The zero-order valence-electron chi connectivity index (χ0n) is 11.1. The molecule has 1 fully saturated rings. The predicted octanol–water partition coefficient (Wildman–Crippen LogP) is 1.72. The summed E-state index contributed by atoms with van der Waals surface area (Å²) < 4.78 is 0. The second-order valence-corrected chi connectivity index (χ2v) is 5.39. The topological polar surface area (TPSA) is 68.0 Å². The van der Waals surface area contributed by atoms with Gasteiger partial charge in [0.25, 0.3) is 0 Å². The van der Waals surface area contributed by atoms with Crippen LogP contribution in [0, 0.1) is 5.41 Å². The van der Waals surface area contributed by atoms with E-state index in [1.165, 1.54) is 0 Å². The van der Waals surface area contributed by atoms with Gasteiger partial charge in [0.15, 0.2) is 0 Å². The van der Waals surface area contributed by atoms with Crippen LogP contribution >= 0.6 is 12.2 Å². The standard InChI is InChI=1S/C14H19N3OS/c1-2-10-5-3-8-16-11(10)9-17-13(18)14(12(15)19)6-4-7-14/h3,5,8H,2,4,6-7,9H2,1H3,(H2,15,19)(H,17,18). The lowest BCUT2D eigenvalue weighted by Gasteiger charge is -2.39. The molecule has 4 nitrogen and oxygen atoms in total. The van der Waals surface area contributed by atoms with Crippen LogP contribution in [0.15, 0.2) is 18.3 Å². The average Bonchev–Trinajstić information content (AvgIpc) is 2.34. The van der Waals surface area contributed by atoms with E-state index in [2.05, 4.69) is 17.2 Å². The fourth-order valence-electron chi connectivity index (χ4n) is 2.40. The number of hydrogen-bond donors (Lipinski definition) is 2. The second-order valence-electron chi connectivity index (χ2n) is 4.95. The summed E-state index contributed by atoms with van der Waals surface area (Å²) in [6.07, 6.45) is 5.18. The summed E-state index contributed by atoms with van der Waals surface area (Å²) in [5.74, 6) is -0.0565. The summed E-state index contributed by atoms with van der Waals surface area (Å²) >= 11 is 5.04. The Morgan fingerprint density at radius 2 is 2.32 bits per heavy atom. The van der Waals surface area contributed by atoms with Gasteiger partial charge in [-0.15, -0.1) is 0 Å². The van der Waals surface area contributed by atoms with Gasteiger partial charge in [0, 0.05) is 6.20 Å². The predicted molar refractivity (Wildman–Crippen MR) is 78.5 cm³/mol. The van der Waals surface area contributed by atoms with E-state index in [9.17, 15) is 4.79 Å². The molecule has 19 heavy (non-hydrogen) atoms. The lowest BCUT2D eigenvalue weighted by atomic mass is 9.68. The highest BCUT2D eigenvalue weighted by atomic mass is 32.1. The van der Waals surface area contributed by atoms with E-state index in [0.29, 0.717) is 11.5 Å². The van der Waals surface area contributed by atoms with Crippen LogP contribution in [0.1, 0.15) is 37.4 Å². The Balaban J connectivity index is 2.02. The van der Waals surface area contributed by atoms with Crippen molar-refractivity contribution < 1.29 is 4.79 Å². The van der Waals surface area contributed by atoms with Crippen LogP contribution in [0.4, 0.5) is 0 Å². The van der Waals surface area contributed by atoms with Crippen LogP contribution in [-0.4, -0.2) is 15.9 Å². The first-order valence-electron chi connectivity index (χ1n) is 6.61. The van der Waals surface area contributed by atoms with Gasteiger partial charge in [0.2, 0.25) is 5.91 Å². The number of nitrogens with two attached hydrogens (primary N) is 1. The third kappa shape index (κ3) is 2.61. The van der Waals surface area contributed by atoms with Crippen molar-refractivity contribution in [3.8, 4) is 0 Å². The van der Waals surface area contributed by atoms with Crippen LogP contribution in [0.25, 0.3) is 0 Å². The summed E-state index contributed by atoms with van der Waals surface area (Å²) in [6.45, 7) is 2.51. The Morgan fingerprint density at radius 1 is 1.58 bits per heavy atom. The molecule has 3 N–H and O–H groups in total. The molecule has 1 saturated carbocycles. The van der Waals surface area contributed by atoms with E-state index in [-0.39, 0.29) is 5.91 Å². The molecule has 0 unspecified atom stereocenters. The molecule has 1 aliphatic carbocycles. The highest BCUT2D eigenvalue weighted by Gasteiger charge is 2.46. The SMILES string of the molecule is CCc1cccnc1CNC(=O)C1(C(N)=S)CCC1. The third-order valence-corrected chi connectivity index (χ3v) is 4.29. The molecular weight excluding hydrogens is 258 g/mol. The number of nitrogens with one attached hydrogen (secondary N) is 1. The van der Waals surface area contributed by atoms with Gasteiger partial charge in [0.1, 0.15) is 0 Å². The van der Waals surface area contributed by atoms with Crippen molar-refractivity contribution >= 4 is 23.1 Å². The molecule has 5 heteroatoms. The molecule has 0 bridgehead atoms. The van der Waals surface area contributed by atoms with Crippen molar-refractivity contribution in [1.82, 2.24) is 10.3 Å². The number of amides is 1. The van der Waals surface area contributed by atoms with Crippen LogP contribution in [-0.2, 0) is 17.8 Å². The van der Waals surface area contributed by atoms with Gasteiger partial charge in [-0.2, -0.15) is 0 Å². The molecule has 102 valence electrons. The monoisotopic (exact) mass is 277 g/mol. The number of carbonyl (C=O) groups excluding carboxylic acids is 1. The van der Waals surface area contributed by atoms with Gasteiger partial charge in [0.05, 0.1) is 22.6 Å². The van der Waals surface area contributed by atoms with Crippen molar-refractivity contribution in [2.75, 3.05) is 0 Å². The first-order chi connectivity index (χ1) is 9.10. The molecular formula is C14H19N3OS. The van der Waals surface area contributed by atoms with E-state index in [0.717, 1.165) is 36.9 Å². The number of hydrogen-bond acceptors (Lipinski definition) is 3. The number of pyridine rings is 1. The lowest BCUT2D eigenvalue weighted by Crippen LogP contribution is -2.53. The highest BCUT2D eigenvalue weighted by Crippen LogP contribution is 2.41. The fourth-order valence-corrected chi connectivity index (χ4v) is 2.70. The summed E-state index contributed by atoms with van der Waals surface area (Å²) in [4.78, 5) is 16.9. The maximum Gasteiger partial charge on any atom is 0.233 e. The third-order valence-electron chi connectivity index (χ3n) is 3.90. The minimum absolute atomic E-state index is 0.0565. The van der Waals surface area contributed by atoms with E-state index in [1.54, 1.807) is 6.20 Å². The summed E-state index contributed by atoms with van der Waals surface area (Å²) in [7, 11) is 0. The summed E-state index contributed by atoms with van der Waals surface area (Å²) in [5.41, 5.74) is 7.17. The largest absolute Gasteiger partial charge is 0.392 e. The van der Waals surface area contributed by atoms with E-state index in [4.69, 9.17) is 18.0 Å². The van der Waals surface area contributed by atoms with Crippen molar-refractivity contribution in [3.05, 3.63) is 29.6 Å². The van der Waals surface area contributed by atoms with E-state index < -0.39 is 5.41 Å². The Bertz CT molecular complexity index is 497. The number of nitrogens with zero attached hydrogens (tertiary/aromatic N) is 1. The number of carbonyl (C=O) groups is 1. The van der Waals surface area contributed by atoms with E-state index >= 15 is 0 Å². The quantitative estimate of drug-likeness (QED) is 0.804. The average molecular weight is 277 g/mol. The highest BCUT2D eigenvalue weighted by molar-refractivity contribution is 7.80.